The molecule has 6 heteroatoms. The molecule has 100 valence electrons. The molecule has 1 fully saturated rings. The van der Waals surface area contributed by atoms with Gasteiger partial charge in [-0.25, -0.2) is 4.52 Å². The maximum Gasteiger partial charge on any atom is 0.496 e. The molecular formula is C13H16BClN2O2. The van der Waals surface area contributed by atoms with Crippen LogP contribution in [-0.2, 0) is 9.31 Å². The lowest BCUT2D eigenvalue weighted by Crippen LogP contribution is -2.41. The predicted molar refractivity (Wildman–Crippen MR) is 75.9 cm³/mol. The molecule has 1 saturated heterocycles. The summed E-state index contributed by atoms with van der Waals surface area (Å²) in [6.45, 7) is 8.10. The molecule has 0 atom stereocenters. The maximum absolute atomic E-state index is 6.31. The molecule has 0 radical (unpaired) electrons. The number of fused-ring (bicyclic) bond motifs is 1. The lowest BCUT2D eigenvalue weighted by molar-refractivity contribution is 0.00578. The Morgan fingerprint density at radius 1 is 1.21 bits per heavy atom. The minimum absolute atomic E-state index is 0.368. The van der Waals surface area contributed by atoms with Gasteiger partial charge in [0, 0.05) is 17.9 Å². The van der Waals surface area contributed by atoms with E-state index in [1.807, 2.05) is 39.8 Å². The monoisotopic (exact) mass is 278 g/mol. The predicted octanol–water partition coefficient (Wildman–Crippen LogP) is 2.29. The molecule has 0 spiro atoms. The number of aromatic nitrogens is 2. The van der Waals surface area contributed by atoms with Gasteiger partial charge < -0.3 is 9.31 Å². The molecule has 1 aliphatic rings. The fraction of sp³-hybridized carbons (Fsp3) is 0.462. The van der Waals surface area contributed by atoms with E-state index in [2.05, 4.69) is 5.10 Å². The summed E-state index contributed by atoms with van der Waals surface area (Å²) in [6, 6.07) is 3.88. The van der Waals surface area contributed by atoms with Crippen molar-refractivity contribution in [2.45, 2.75) is 38.9 Å². The zero-order valence-electron chi connectivity index (χ0n) is 11.5. The Morgan fingerprint density at radius 2 is 1.84 bits per heavy atom. The van der Waals surface area contributed by atoms with Gasteiger partial charge in [-0.15, -0.1) is 0 Å². The highest BCUT2D eigenvalue weighted by molar-refractivity contribution is 6.65. The smallest absolute Gasteiger partial charge is 0.399 e. The van der Waals surface area contributed by atoms with Gasteiger partial charge in [0.1, 0.15) is 0 Å². The van der Waals surface area contributed by atoms with Crippen LogP contribution in [0.1, 0.15) is 27.7 Å². The second-order valence-corrected chi connectivity index (χ2v) is 6.27. The van der Waals surface area contributed by atoms with E-state index < -0.39 is 7.12 Å². The van der Waals surface area contributed by atoms with Crippen LogP contribution in [0.15, 0.2) is 24.5 Å². The number of nitrogens with zero attached hydrogens (tertiary/aromatic N) is 2. The summed E-state index contributed by atoms with van der Waals surface area (Å²) in [6.07, 6.45) is 3.51. The highest BCUT2D eigenvalue weighted by Gasteiger charge is 2.52. The minimum Gasteiger partial charge on any atom is -0.399 e. The molecule has 2 aromatic rings. The van der Waals surface area contributed by atoms with E-state index in [4.69, 9.17) is 20.9 Å². The Labute approximate surface area is 117 Å². The van der Waals surface area contributed by atoms with Gasteiger partial charge in [0.2, 0.25) is 0 Å². The summed E-state index contributed by atoms with van der Waals surface area (Å²) in [5, 5.41) is 4.75. The lowest BCUT2D eigenvalue weighted by atomic mass is 9.79. The molecule has 0 aliphatic carbocycles. The molecule has 0 saturated carbocycles. The zero-order chi connectivity index (χ0) is 13.8. The van der Waals surface area contributed by atoms with Gasteiger partial charge in [0.05, 0.1) is 21.7 Å². The van der Waals surface area contributed by atoms with Gasteiger partial charge in [-0.1, -0.05) is 11.6 Å². The highest BCUT2D eigenvalue weighted by Crippen LogP contribution is 2.37. The Balaban J connectivity index is 2.04. The first-order valence-electron chi connectivity index (χ1n) is 6.29. The summed E-state index contributed by atoms with van der Waals surface area (Å²) in [5.41, 5.74) is 1.07. The van der Waals surface area contributed by atoms with Crippen molar-refractivity contribution in [1.29, 1.82) is 0 Å². The van der Waals surface area contributed by atoms with E-state index in [1.165, 1.54) is 0 Å². The van der Waals surface area contributed by atoms with E-state index in [-0.39, 0.29) is 11.2 Å². The summed E-state index contributed by atoms with van der Waals surface area (Å²) >= 11 is 6.31. The van der Waals surface area contributed by atoms with E-state index in [9.17, 15) is 0 Å². The fourth-order valence-corrected chi connectivity index (χ4v) is 2.34. The molecule has 0 bridgehead atoms. The Bertz CT molecular complexity index is 623. The fourth-order valence-electron chi connectivity index (χ4n) is 2.11. The van der Waals surface area contributed by atoms with Crippen LogP contribution in [0.25, 0.3) is 5.52 Å². The first kappa shape index (κ1) is 13.0. The van der Waals surface area contributed by atoms with Crippen LogP contribution < -0.4 is 5.46 Å². The van der Waals surface area contributed by atoms with Crippen LogP contribution in [0.4, 0.5) is 0 Å². The van der Waals surface area contributed by atoms with Crippen molar-refractivity contribution in [2.24, 2.45) is 0 Å². The summed E-state index contributed by atoms with van der Waals surface area (Å²) in [7, 11) is -0.447. The number of hydrogen-bond acceptors (Lipinski definition) is 3. The molecule has 19 heavy (non-hydrogen) atoms. The highest BCUT2D eigenvalue weighted by atomic mass is 35.5. The quantitative estimate of drug-likeness (QED) is 0.751. The van der Waals surface area contributed by atoms with Crippen LogP contribution >= 0.6 is 11.6 Å². The topological polar surface area (TPSA) is 35.8 Å². The van der Waals surface area contributed by atoms with Crippen molar-refractivity contribution >= 4 is 29.7 Å². The van der Waals surface area contributed by atoms with Gasteiger partial charge in [0.15, 0.2) is 0 Å². The average Bonchev–Trinajstić information content (AvgIpc) is 2.80. The second kappa shape index (κ2) is 3.98. The summed E-state index contributed by atoms with van der Waals surface area (Å²) < 4.78 is 13.8. The third kappa shape index (κ3) is 1.97. The second-order valence-electron chi connectivity index (χ2n) is 5.87. The number of hydrogen-bond donors (Lipinski definition) is 0. The van der Waals surface area contributed by atoms with Crippen molar-refractivity contribution < 1.29 is 9.31 Å². The maximum atomic E-state index is 6.31. The van der Waals surface area contributed by atoms with Gasteiger partial charge in [-0.3, -0.25) is 0 Å². The zero-order valence-corrected chi connectivity index (χ0v) is 12.2. The first-order valence-corrected chi connectivity index (χ1v) is 6.66. The Kier molecular flexibility index (Phi) is 2.72. The van der Waals surface area contributed by atoms with Gasteiger partial charge in [-0.2, -0.15) is 5.10 Å². The third-order valence-corrected chi connectivity index (χ3v) is 4.34. The number of rotatable bonds is 1. The van der Waals surface area contributed by atoms with Gasteiger partial charge >= 0.3 is 7.12 Å². The molecule has 3 rings (SSSR count). The average molecular weight is 279 g/mol. The molecule has 3 heterocycles. The van der Waals surface area contributed by atoms with Crippen LogP contribution in [0.2, 0.25) is 5.02 Å². The minimum atomic E-state index is -0.447. The summed E-state index contributed by atoms with van der Waals surface area (Å²) in [4.78, 5) is 0. The molecule has 2 aromatic heterocycles. The third-order valence-electron chi connectivity index (χ3n) is 4.02. The number of halogens is 1. The van der Waals surface area contributed by atoms with E-state index in [0.29, 0.717) is 5.02 Å². The first-order chi connectivity index (χ1) is 8.80. The SMILES string of the molecule is CC1(C)OB(c2cc3ccnn3cc2Cl)OC1(C)C. The Morgan fingerprint density at radius 3 is 2.47 bits per heavy atom. The van der Waals surface area contributed by atoms with E-state index in [1.54, 1.807) is 16.9 Å². The molecule has 0 amide bonds. The standard InChI is InChI=1S/C13H16BClN2O2/c1-12(2)13(3,4)19-14(18-12)10-7-9-5-6-16-17(9)8-11(10)15/h5-8H,1-4H3. The van der Waals surface area contributed by atoms with Crippen molar-refractivity contribution in [3.05, 3.63) is 29.5 Å². The molecule has 4 nitrogen and oxygen atoms in total. The van der Waals surface area contributed by atoms with Crippen LogP contribution in [0.3, 0.4) is 0 Å². The van der Waals surface area contributed by atoms with Crippen LogP contribution in [-0.4, -0.2) is 27.9 Å². The van der Waals surface area contributed by atoms with Crippen molar-refractivity contribution in [1.82, 2.24) is 9.61 Å². The summed E-state index contributed by atoms with van der Waals surface area (Å²) in [5.74, 6) is 0. The molecule has 1 aliphatic heterocycles. The van der Waals surface area contributed by atoms with Gasteiger partial charge in [0.25, 0.3) is 0 Å². The largest absolute Gasteiger partial charge is 0.496 e. The molecule has 0 unspecified atom stereocenters. The Hall–Kier alpha value is -1.04. The molecular weight excluding hydrogens is 262 g/mol. The molecule has 0 aromatic carbocycles. The van der Waals surface area contributed by atoms with Crippen molar-refractivity contribution in [2.75, 3.05) is 0 Å². The normalized spacial score (nSPS) is 21.2. The molecule has 0 N–H and O–H groups in total. The number of pyridine rings is 1. The van der Waals surface area contributed by atoms with Gasteiger partial charge in [-0.05, 0) is 39.8 Å². The van der Waals surface area contributed by atoms with Crippen molar-refractivity contribution in [3.63, 3.8) is 0 Å². The van der Waals surface area contributed by atoms with Crippen molar-refractivity contribution in [3.8, 4) is 0 Å². The van der Waals surface area contributed by atoms with Crippen LogP contribution in [0, 0.1) is 0 Å². The van der Waals surface area contributed by atoms with E-state index in [0.717, 1.165) is 11.0 Å². The lowest BCUT2D eigenvalue weighted by Gasteiger charge is -2.32. The van der Waals surface area contributed by atoms with Crippen LogP contribution in [0.5, 0.6) is 0 Å². The van der Waals surface area contributed by atoms with E-state index >= 15 is 0 Å².